The lowest BCUT2D eigenvalue weighted by atomic mass is 10.2. The van der Waals surface area contributed by atoms with E-state index in [4.69, 9.17) is 0 Å². The summed E-state index contributed by atoms with van der Waals surface area (Å²) in [7, 11) is 1.95. The number of anilines is 1. The van der Waals surface area contributed by atoms with Crippen molar-refractivity contribution >= 4 is 17.0 Å². The summed E-state index contributed by atoms with van der Waals surface area (Å²) in [6, 6.07) is 12.7. The van der Waals surface area contributed by atoms with Crippen molar-refractivity contribution in [1.29, 1.82) is 0 Å². The van der Waals surface area contributed by atoms with Crippen LogP contribution < -0.4 is 5.32 Å². The maximum Gasteiger partial charge on any atom is 0.163 e. The van der Waals surface area contributed by atoms with Gasteiger partial charge in [-0.15, -0.1) is 21.5 Å². The Labute approximate surface area is 128 Å². The Morgan fingerprint density at radius 1 is 1.10 bits per heavy atom. The van der Waals surface area contributed by atoms with Gasteiger partial charge in [-0.2, -0.15) is 0 Å². The van der Waals surface area contributed by atoms with Gasteiger partial charge in [-0.25, -0.2) is 0 Å². The van der Waals surface area contributed by atoms with Gasteiger partial charge >= 0.3 is 0 Å². The maximum absolute atomic E-state index is 4.12. The summed E-state index contributed by atoms with van der Waals surface area (Å²) in [5.41, 5.74) is 2.19. The molecule has 0 amide bonds. The second kappa shape index (κ2) is 6.10. The fourth-order valence-electron chi connectivity index (χ4n) is 2.18. The van der Waals surface area contributed by atoms with Crippen molar-refractivity contribution < 1.29 is 0 Å². The number of hydrogen-bond donors (Lipinski definition) is 1. The lowest BCUT2D eigenvalue weighted by Crippen LogP contribution is -1.97. The van der Waals surface area contributed by atoms with Gasteiger partial charge in [-0.1, -0.05) is 6.92 Å². The van der Waals surface area contributed by atoms with E-state index < -0.39 is 0 Å². The molecule has 0 unspecified atom stereocenters. The summed E-state index contributed by atoms with van der Waals surface area (Å²) in [4.78, 5) is 2.80. The highest BCUT2D eigenvalue weighted by molar-refractivity contribution is 7.12. The van der Waals surface area contributed by atoms with E-state index in [9.17, 15) is 0 Å². The van der Waals surface area contributed by atoms with Crippen LogP contribution in [0.3, 0.4) is 0 Å². The van der Waals surface area contributed by atoms with Crippen molar-refractivity contribution in [2.24, 2.45) is 7.05 Å². The van der Waals surface area contributed by atoms with E-state index in [0.717, 1.165) is 30.0 Å². The van der Waals surface area contributed by atoms with Crippen molar-refractivity contribution in [1.82, 2.24) is 14.8 Å². The van der Waals surface area contributed by atoms with Gasteiger partial charge in [0, 0.05) is 34.6 Å². The number of benzene rings is 1. The van der Waals surface area contributed by atoms with E-state index in [1.165, 1.54) is 9.75 Å². The minimum Gasteiger partial charge on any atom is -0.380 e. The zero-order valence-corrected chi connectivity index (χ0v) is 13.0. The minimum absolute atomic E-state index is 0.869. The summed E-state index contributed by atoms with van der Waals surface area (Å²) in [5.74, 6) is 0.882. The number of rotatable bonds is 5. The maximum atomic E-state index is 4.12. The molecule has 2 heterocycles. The predicted molar refractivity (Wildman–Crippen MR) is 87.5 cm³/mol. The van der Waals surface area contributed by atoms with Gasteiger partial charge in [-0.3, -0.25) is 0 Å². The van der Waals surface area contributed by atoms with Crippen LogP contribution in [0.15, 0.2) is 42.7 Å². The molecule has 0 atom stereocenters. The van der Waals surface area contributed by atoms with Gasteiger partial charge in [0.2, 0.25) is 0 Å². The normalized spacial score (nSPS) is 10.8. The minimum atomic E-state index is 0.869. The van der Waals surface area contributed by atoms with Crippen molar-refractivity contribution in [3.05, 3.63) is 52.5 Å². The molecule has 3 rings (SSSR count). The van der Waals surface area contributed by atoms with Crippen LogP contribution in [0.25, 0.3) is 11.4 Å². The largest absolute Gasteiger partial charge is 0.380 e. The van der Waals surface area contributed by atoms with Crippen LogP contribution in [0.2, 0.25) is 0 Å². The van der Waals surface area contributed by atoms with Crippen molar-refractivity contribution in [2.45, 2.75) is 19.9 Å². The topological polar surface area (TPSA) is 42.7 Å². The highest BCUT2D eigenvalue weighted by atomic mass is 32.1. The van der Waals surface area contributed by atoms with Gasteiger partial charge in [0.1, 0.15) is 6.33 Å². The number of hydrogen-bond acceptors (Lipinski definition) is 4. The van der Waals surface area contributed by atoms with Gasteiger partial charge < -0.3 is 9.88 Å². The molecule has 0 aliphatic heterocycles. The molecular weight excluding hydrogens is 280 g/mol. The van der Waals surface area contributed by atoms with Crippen molar-refractivity contribution in [3.8, 4) is 11.4 Å². The van der Waals surface area contributed by atoms with Crippen LogP contribution in [0.4, 0.5) is 5.69 Å². The predicted octanol–water partition coefficient (Wildman–Crippen LogP) is 3.72. The average Bonchev–Trinajstić information content (AvgIpc) is 3.14. The standard InChI is InChI=1S/C16H18N4S/c1-3-14-8-9-15(21-14)10-17-13-6-4-12(5-7-13)16-19-18-11-20(16)2/h4-9,11,17H,3,10H2,1-2H3. The first kappa shape index (κ1) is 13.8. The Hall–Kier alpha value is -2.14. The van der Waals surface area contributed by atoms with Crippen LogP contribution in [-0.2, 0) is 20.0 Å². The van der Waals surface area contributed by atoms with Gasteiger partial charge in [-0.05, 0) is 42.8 Å². The Morgan fingerprint density at radius 3 is 2.48 bits per heavy atom. The van der Waals surface area contributed by atoms with Gasteiger partial charge in [0.25, 0.3) is 0 Å². The molecule has 0 spiro atoms. The van der Waals surface area contributed by atoms with E-state index in [0.29, 0.717) is 0 Å². The second-order valence-electron chi connectivity index (χ2n) is 4.92. The quantitative estimate of drug-likeness (QED) is 0.780. The molecular formula is C16H18N4S. The second-order valence-corrected chi connectivity index (χ2v) is 6.17. The molecule has 1 aromatic carbocycles. The van der Waals surface area contributed by atoms with Gasteiger partial charge in [0.15, 0.2) is 5.82 Å². The summed E-state index contributed by atoms with van der Waals surface area (Å²) in [5, 5.41) is 11.5. The monoisotopic (exact) mass is 298 g/mol. The third kappa shape index (κ3) is 3.13. The lowest BCUT2D eigenvalue weighted by Gasteiger charge is -2.06. The highest BCUT2D eigenvalue weighted by Crippen LogP contribution is 2.21. The molecule has 108 valence electrons. The van der Waals surface area contributed by atoms with E-state index in [1.54, 1.807) is 6.33 Å². The molecule has 0 aliphatic carbocycles. The molecule has 0 bridgehead atoms. The van der Waals surface area contributed by atoms with Gasteiger partial charge in [0.05, 0.1) is 0 Å². The molecule has 3 aromatic rings. The van der Waals surface area contributed by atoms with Crippen molar-refractivity contribution in [3.63, 3.8) is 0 Å². The number of aryl methyl sites for hydroxylation is 2. The summed E-state index contributed by atoms with van der Waals surface area (Å²) in [6.07, 6.45) is 2.82. The molecule has 4 nitrogen and oxygen atoms in total. The molecule has 0 saturated heterocycles. The van der Waals surface area contributed by atoms with E-state index in [1.807, 2.05) is 23.0 Å². The molecule has 21 heavy (non-hydrogen) atoms. The first-order valence-corrected chi connectivity index (χ1v) is 7.84. The molecule has 0 fully saturated rings. The SMILES string of the molecule is CCc1ccc(CNc2ccc(-c3nncn3C)cc2)s1. The lowest BCUT2D eigenvalue weighted by molar-refractivity contribution is 0.920. The number of nitrogens with one attached hydrogen (secondary N) is 1. The van der Waals surface area contributed by atoms with E-state index >= 15 is 0 Å². The Kier molecular flexibility index (Phi) is 4.01. The summed E-state index contributed by atoms with van der Waals surface area (Å²) >= 11 is 1.87. The summed E-state index contributed by atoms with van der Waals surface area (Å²) < 4.78 is 1.92. The molecule has 5 heteroatoms. The smallest absolute Gasteiger partial charge is 0.163 e. The average molecular weight is 298 g/mol. The van der Waals surface area contributed by atoms with Crippen LogP contribution in [0.5, 0.6) is 0 Å². The summed E-state index contributed by atoms with van der Waals surface area (Å²) in [6.45, 7) is 3.06. The fraction of sp³-hybridized carbons (Fsp3) is 0.250. The molecule has 1 N–H and O–H groups in total. The van der Waals surface area contributed by atoms with Crippen LogP contribution in [0, 0.1) is 0 Å². The Bertz CT molecular complexity index is 712. The Balaban J connectivity index is 1.66. The number of aromatic nitrogens is 3. The zero-order valence-electron chi connectivity index (χ0n) is 12.2. The van der Waals surface area contributed by atoms with E-state index in [-0.39, 0.29) is 0 Å². The van der Waals surface area contributed by atoms with Crippen LogP contribution >= 0.6 is 11.3 Å². The molecule has 0 radical (unpaired) electrons. The van der Waals surface area contributed by atoms with Crippen LogP contribution in [-0.4, -0.2) is 14.8 Å². The highest BCUT2D eigenvalue weighted by Gasteiger charge is 2.04. The third-order valence-electron chi connectivity index (χ3n) is 3.39. The first-order chi connectivity index (χ1) is 10.3. The first-order valence-electron chi connectivity index (χ1n) is 7.02. The zero-order chi connectivity index (χ0) is 14.7. The number of nitrogens with zero attached hydrogens (tertiary/aromatic N) is 3. The third-order valence-corrected chi connectivity index (χ3v) is 4.62. The fourth-order valence-corrected chi connectivity index (χ4v) is 3.08. The van der Waals surface area contributed by atoms with Crippen molar-refractivity contribution in [2.75, 3.05) is 5.32 Å². The van der Waals surface area contributed by atoms with Crippen LogP contribution in [0.1, 0.15) is 16.7 Å². The Morgan fingerprint density at radius 2 is 1.86 bits per heavy atom. The molecule has 0 saturated carbocycles. The molecule has 2 aromatic heterocycles. The van der Waals surface area contributed by atoms with E-state index in [2.05, 4.69) is 58.8 Å². The molecule has 0 aliphatic rings. The number of thiophene rings is 1.